The van der Waals surface area contributed by atoms with Crippen molar-refractivity contribution in [2.75, 3.05) is 0 Å². The number of fused-ring (bicyclic) bond motifs is 10. The van der Waals surface area contributed by atoms with Gasteiger partial charge in [0.2, 0.25) is 0 Å². The summed E-state index contributed by atoms with van der Waals surface area (Å²) in [7, 11) is 0. The van der Waals surface area contributed by atoms with Crippen LogP contribution in [0, 0.1) is 0 Å². The van der Waals surface area contributed by atoms with Crippen LogP contribution in [-0.4, -0.2) is 2.78 Å². The van der Waals surface area contributed by atoms with Gasteiger partial charge in [-0.05, 0) is 30.3 Å². The van der Waals surface area contributed by atoms with Gasteiger partial charge < -0.3 is 4.42 Å². The molecular formula is C24H12INOS. The van der Waals surface area contributed by atoms with Crippen LogP contribution >= 0.6 is 34.2 Å². The zero-order valence-corrected chi connectivity index (χ0v) is 17.5. The molecule has 0 fully saturated rings. The number of hydrogen-bond acceptors (Lipinski definition) is 2. The van der Waals surface area contributed by atoms with E-state index in [1.807, 2.05) is 23.5 Å². The van der Waals surface area contributed by atoms with Crippen molar-refractivity contribution in [2.45, 2.75) is 0 Å². The molecule has 28 heavy (non-hydrogen) atoms. The Morgan fingerprint density at radius 1 is 0.679 bits per heavy atom. The van der Waals surface area contributed by atoms with E-state index in [-0.39, 0.29) is 0 Å². The van der Waals surface area contributed by atoms with Crippen molar-refractivity contribution in [3.8, 4) is 0 Å². The van der Waals surface area contributed by atoms with E-state index >= 15 is 0 Å². The predicted molar refractivity (Wildman–Crippen MR) is 129 cm³/mol. The number of nitrogens with zero attached hydrogens (tertiary/aromatic N) is 1. The Balaban J connectivity index is 1.71. The van der Waals surface area contributed by atoms with Gasteiger partial charge in [0, 0.05) is 41.7 Å². The van der Waals surface area contributed by atoms with Crippen molar-refractivity contribution in [3.05, 3.63) is 72.8 Å². The third-order valence-corrected chi connectivity index (χ3v) is 7.94. The van der Waals surface area contributed by atoms with Crippen LogP contribution in [0.25, 0.3) is 63.9 Å². The van der Waals surface area contributed by atoms with Crippen LogP contribution in [0.1, 0.15) is 0 Å². The molecule has 0 aliphatic carbocycles. The molecule has 0 amide bonds. The minimum absolute atomic E-state index is 0.954. The van der Waals surface area contributed by atoms with Crippen LogP contribution < -0.4 is 0 Å². The first-order chi connectivity index (χ1) is 13.8. The summed E-state index contributed by atoms with van der Waals surface area (Å²) in [6, 6.07) is 26.0. The fourth-order valence-electron chi connectivity index (χ4n) is 4.46. The highest BCUT2D eigenvalue weighted by Crippen LogP contribution is 2.44. The molecule has 0 saturated heterocycles. The summed E-state index contributed by atoms with van der Waals surface area (Å²) in [6.45, 7) is 0. The normalized spacial score (nSPS) is 12.5. The molecule has 132 valence electrons. The van der Waals surface area contributed by atoms with Gasteiger partial charge >= 0.3 is 0 Å². The molecule has 0 unspecified atom stereocenters. The van der Waals surface area contributed by atoms with Crippen LogP contribution in [0.3, 0.4) is 0 Å². The highest BCUT2D eigenvalue weighted by molar-refractivity contribution is 14.1. The number of hydrogen-bond donors (Lipinski definition) is 0. The van der Waals surface area contributed by atoms with Crippen LogP contribution in [0.2, 0.25) is 0 Å². The van der Waals surface area contributed by atoms with Crippen molar-refractivity contribution in [1.29, 1.82) is 0 Å². The molecule has 0 aliphatic heterocycles. The van der Waals surface area contributed by atoms with E-state index in [9.17, 15) is 0 Å². The summed E-state index contributed by atoms with van der Waals surface area (Å²) in [5.41, 5.74) is 4.46. The van der Waals surface area contributed by atoms with Crippen LogP contribution in [0.15, 0.2) is 77.2 Å². The highest BCUT2D eigenvalue weighted by Gasteiger charge is 2.17. The fraction of sp³-hybridized carbons (Fsp3) is 0. The zero-order chi connectivity index (χ0) is 18.4. The maximum absolute atomic E-state index is 6.14. The molecule has 4 aromatic carbocycles. The van der Waals surface area contributed by atoms with Gasteiger partial charge in [-0.25, -0.2) is 0 Å². The number of benzene rings is 4. The van der Waals surface area contributed by atoms with Gasteiger partial charge in [0.1, 0.15) is 11.2 Å². The van der Waals surface area contributed by atoms with E-state index < -0.39 is 0 Å². The highest BCUT2D eigenvalue weighted by atomic mass is 127. The molecule has 0 atom stereocenters. The molecular weight excluding hydrogens is 477 g/mol. The van der Waals surface area contributed by atoms with Gasteiger partial charge in [-0.1, -0.05) is 42.5 Å². The van der Waals surface area contributed by atoms with E-state index in [0.717, 1.165) is 11.2 Å². The Morgan fingerprint density at radius 2 is 1.50 bits per heavy atom. The Bertz CT molecular complexity index is 1730. The van der Waals surface area contributed by atoms with Crippen molar-refractivity contribution in [3.63, 3.8) is 0 Å². The van der Waals surface area contributed by atoms with Crippen LogP contribution in [0.4, 0.5) is 0 Å². The molecule has 2 nitrogen and oxygen atoms in total. The number of halogens is 1. The third-order valence-electron chi connectivity index (χ3n) is 5.71. The topological polar surface area (TPSA) is 18.1 Å². The molecule has 0 saturated carbocycles. The maximum Gasteiger partial charge on any atom is 0.136 e. The predicted octanol–water partition coefficient (Wildman–Crippen LogP) is 8.26. The van der Waals surface area contributed by atoms with Gasteiger partial charge in [0.05, 0.1) is 33.9 Å². The molecule has 3 heterocycles. The van der Waals surface area contributed by atoms with Gasteiger partial charge in [0.15, 0.2) is 0 Å². The first-order valence-electron chi connectivity index (χ1n) is 9.15. The van der Waals surface area contributed by atoms with Crippen LogP contribution in [0.5, 0.6) is 0 Å². The summed E-state index contributed by atoms with van der Waals surface area (Å²) >= 11 is 4.30. The SMILES string of the molecule is In1c2ccccc2c2c3sc4cc5c(cc4c3ccc21)oc1ccccc15. The molecule has 7 rings (SSSR count). The standard InChI is InChI=1S/C24H12INOS/c25-26-18-7-3-1-6-15(18)23-19(26)10-9-14-17-11-21-16(12-22(17)28-24(14)23)13-5-2-4-8-20(13)27-21/h1-12H. The van der Waals surface area contributed by atoms with Crippen molar-refractivity contribution in [1.82, 2.24) is 2.78 Å². The lowest BCUT2D eigenvalue weighted by molar-refractivity contribution is 0.669. The van der Waals surface area contributed by atoms with E-state index in [0.29, 0.717) is 0 Å². The second kappa shape index (κ2) is 5.27. The second-order valence-electron chi connectivity index (χ2n) is 7.18. The number of aromatic nitrogens is 1. The Morgan fingerprint density at radius 3 is 2.43 bits per heavy atom. The average molecular weight is 489 g/mol. The lowest BCUT2D eigenvalue weighted by atomic mass is 10.1. The van der Waals surface area contributed by atoms with Crippen molar-refractivity contribution in [2.24, 2.45) is 0 Å². The molecule has 0 bridgehead atoms. The second-order valence-corrected chi connectivity index (χ2v) is 9.20. The molecule has 3 aromatic heterocycles. The Hall–Kier alpha value is -2.57. The van der Waals surface area contributed by atoms with E-state index in [1.165, 1.54) is 52.8 Å². The van der Waals surface area contributed by atoms with E-state index in [4.69, 9.17) is 4.42 Å². The lowest BCUT2D eigenvalue weighted by Gasteiger charge is -1.96. The minimum atomic E-state index is 0.954. The summed E-state index contributed by atoms with van der Waals surface area (Å²) < 4.78 is 11.1. The summed E-state index contributed by atoms with van der Waals surface area (Å²) in [4.78, 5) is 0. The number of para-hydroxylation sites is 2. The lowest BCUT2D eigenvalue weighted by Crippen LogP contribution is -1.76. The van der Waals surface area contributed by atoms with Gasteiger partial charge in [-0.15, -0.1) is 11.3 Å². The van der Waals surface area contributed by atoms with Gasteiger partial charge in [-0.2, -0.15) is 0 Å². The molecule has 0 radical (unpaired) electrons. The molecule has 4 heteroatoms. The largest absolute Gasteiger partial charge is 0.456 e. The number of rotatable bonds is 0. The zero-order valence-electron chi connectivity index (χ0n) is 14.6. The van der Waals surface area contributed by atoms with Gasteiger partial charge in [0.25, 0.3) is 0 Å². The Kier molecular flexibility index (Phi) is 2.89. The monoisotopic (exact) mass is 489 g/mol. The van der Waals surface area contributed by atoms with Crippen LogP contribution in [-0.2, 0) is 0 Å². The first-order valence-corrected chi connectivity index (χ1v) is 10.9. The van der Waals surface area contributed by atoms with E-state index in [2.05, 4.69) is 86.3 Å². The summed E-state index contributed by atoms with van der Waals surface area (Å²) in [6.07, 6.45) is 0. The minimum Gasteiger partial charge on any atom is -0.456 e. The summed E-state index contributed by atoms with van der Waals surface area (Å²) in [5, 5.41) is 7.64. The van der Waals surface area contributed by atoms with Crippen molar-refractivity contribution >= 4 is 98.1 Å². The molecule has 0 aliphatic rings. The average Bonchev–Trinajstić information content (AvgIpc) is 3.36. The molecule has 0 spiro atoms. The maximum atomic E-state index is 6.14. The Labute approximate surface area is 177 Å². The number of furan rings is 1. The third kappa shape index (κ3) is 1.82. The molecule has 0 N–H and O–H groups in total. The smallest absolute Gasteiger partial charge is 0.136 e. The molecule has 7 aromatic rings. The number of thiophene rings is 1. The van der Waals surface area contributed by atoms with E-state index in [1.54, 1.807) is 0 Å². The van der Waals surface area contributed by atoms with Gasteiger partial charge in [-0.3, -0.25) is 2.78 Å². The quantitative estimate of drug-likeness (QED) is 0.196. The summed E-state index contributed by atoms with van der Waals surface area (Å²) in [5.74, 6) is 0. The first kappa shape index (κ1) is 15.4. The fourth-order valence-corrected chi connectivity index (χ4v) is 6.56. The van der Waals surface area contributed by atoms with Crippen molar-refractivity contribution < 1.29 is 4.42 Å².